The van der Waals surface area contributed by atoms with E-state index >= 15 is 0 Å². The van der Waals surface area contributed by atoms with E-state index < -0.39 is 6.04 Å². The highest BCUT2D eigenvalue weighted by molar-refractivity contribution is 7.15. The number of alkyl halides is 1. The number of fused-ring (bicyclic) bond motifs is 4. The van der Waals surface area contributed by atoms with Crippen LogP contribution in [-0.4, -0.2) is 83.4 Å². The first-order valence-electron chi connectivity index (χ1n) is 18.2. The van der Waals surface area contributed by atoms with Crippen LogP contribution >= 0.6 is 34.5 Å². The van der Waals surface area contributed by atoms with Gasteiger partial charge in [0.25, 0.3) is 0 Å². The zero-order valence-corrected chi connectivity index (χ0v) is 33.4. The van der Waals surface area contributed by atoms with Gasteiger partial charge in [0.1, 0.15) is 35.1 Å². The summed E-state index contributed by atoms with van der Waals surface area (Å²) in [6.07, 6.45) is 2.63. The fourth-order valence-corrected chi connectivity index (χ4v) is 8.21. The van der Waals surface area contributed by atoms with Gasteiger partial charge >= 0.3 is 0 Å². The number of aliphatic imine (C=N–C) groups is 1. The second-order valence-electron chi connectivity index (χ2n) is 13.4. The number of ether oxygens (including phenoxy) is 1. The van der Waals surface area contributed by atoms with Crippen molar-refractivity contribution in [2.24, 2.45) is 4.99 Å². The molecule has 0 saturated carbocycles. The number of hydrogen-bond acceptors (Lipinski definition) is 10. The van der Waals surface area contributed by atoms with Crippen LogP contribution < -0.4 is 25.2 Å². The molecule has 13 nitrogen and oxygen atoms in total. The molecule has 2 aromatic carbocycles. The van der Waals surface area contributed by atoms with E-state index in [9.17, 15) is 14.4 Å². The molecular weight excluding hydrogens is 761 g/mol. The highest BCUT2D eigenvalue weighted by Gasteiger charge is 2.32. The average molecular weight is 805 g/mol. The fourth-order valence-electron chi connectivity index (χ4n) is 6.72. The van der Waals surface area contributed by atoms with Gasteiger partial charge in [-0.15, -0.1) is 33.1 Å². The summed E-state index contributed by atoms with van der Waals surface area (Å²) in [4.78, 5) is 48.3. The molecule has 0 aliphatic carbocycles. The Hall–Kier alpha value is -4.97. The minimum absolute atomic E-state index is 0.108. The van der Waals surface area contributed by atoms with Crippen molar-refractivity contribution < 1.29 is 19.1 Å². The van der Waals surface area contributed by atoms with E-state index in [1.807, 2.05) is 46.7 Å². The number of carbonyl (C=O) groups is 3. The smallest absolute Gasteiger partial charge is 0.241 e. The van der Waals surface area contributed by atoms with Gasteiger partial charge in [0.05, 0.1) is 43.4 Å². The number of halogens is 2. The third-order valence-electron chi connectivity index (χ3n) is 9.65. The summed E-state index contributed by atoms with van der Waals surface area (Å²) in [5, 5.41) is 25.5. The van der Waals surface area contributed by atoms with Crippen LogP contribution in [0.5, 0.6) is 5.75 Å². The Kier molecular flexibility index (Phi) is 13.1. The number of nitriles is 1. The molecule has 0 spiro atoms. The average Bonchev–Trinajstić information content (AvgIpc) is 3.66. The van der Waals surface area contributed by atoms with Gasteiger partial charge in [-0.1, -0.05) is 23.7 Å². The first-order valence-corrected chi connectivity index (χ1v) is 20.0. The molecule has 6 rings (SSSR count). The van der Waals surface area contributed by atoms with Gasteiger partial charge in [-0.05, 0) is 69.9 Å². The van der Waals surface area contributed by atoms with Crippen molar-refractivity contribution in [2.45, 2.75) is 58.9 Å². The Morgan fingerprint density at radius 3 is 2.51 bits per heavy atom. The molecule has 2 aromatic heterocycles. The number of rotatable bonds is 15. The Morgan fingerprint density at radius 1 is 1.04 bits per heavy atom. The van der Waals surface area contributed by atoms with Crippen molar-refractivity contribution in [3.8, 4) is 16.8 Å². The van der Waals surface area contributed by atoms with E-state index in [-0.39, 0.29) is 49.5 Å². The molecule has 2 aliphatic rings. The Bertz CT molecular complexity index is 2130. The van der Waals surface area contributed by atoms with Gasteiger partial charge in [-0.3, -0.25) is 23.9 Å². The summed E-state index contributed by atoms with van der Waals surface area (Å²) >= 11 is 13.7. The molecule has 16 heteroatoms. The SMILES string of the molecule is Cc1sc2c(c1C)C(c1ccc(Cl)cc1)=N[C@H](CC(=O)NCCCCCNC(=O)CN1CCOc3cc(N(CCC#N)C(=O)CCl)ccc31)c1nnc(C)n1-2. The molecular formula is C39H43Cl2N9O4S. The first kappa shape index (κ1) is 39.7. The van der Waals surface area contributed by atoms with Crippen LogP contribution in [0.4, 0.5) is 11.4 Å². The molecule has 0 fully saturated rings. The predicted octanol–water partition coefficient (Wildman–Crippen LogP) is 5.98. The number of nitrogens with zero attached hydrogens (tertiary/aromatic N) is 7. The van der Waals surface area contributed by atoms with Crippen molar-refractivity contribution in [1.82, 2.24) is 25.4 Å². The van der Waals surface area contributed by atoms with Gasteiger partial charge in [0.2, 0.25) is 17.7 Å². The fraction of sp³-hybridized carbons (Fsp3) is 0.410. The Labute approximate surface area is 334 Å². The van der Waals surface area contributed by atoms with E-state index in [1.54, 1.807) is 23.5 Å². The molecule has 0 radical (unpaired) electrons. The van der Waals surface area contributed by atoms with E-state index in [4.69, 9.17) is 38.2 Å². The van der Waals surface area contributed by atoms with Crippen LogP contribution in [-0.2, 0) is 14.4 Å². The van der Waals surface area contributed by atoms with E-state index in [2.05, 4.69) is 40.7 Å². The van der Waals surface area contributed by atoms with Crippen LogP contribution in [0.25, 0.3) is 5.00 Å². The topological polar surface area (TPSA) is 158 Å². The highest BCUT2D eigenvalue weighted by atomic mass is 35.5. The van der Waals surface area contributed by atoms with Crippen molar-refractivity contribution in [2.75, 3.05) is 55.0 Å². The highest BCUT2D eigenvalue weighted by Crippen LogP contribution is 2.40. The predicted molar refractivity (Wildman–Crippen MR) is 215 cm³/mol. The van der Waals surface area contributed by atoms with Gasteiger partial charge in [0, 0.05) is 52.4 Å². The largest absolute Gasteiger partial charge is 0.489 e. The molecule has 0 saturated heterocycles. The number of hydrogen-bond donors (Lipinski definition) is 2. The standard InChI is InChI=1S/C39H43Cl2N9O4S/c1-24-25(2)55-39-36(24)37(27-8-10-28(41)11-9-27)45-30(38-47-46-26(3)50(38)39)21-33(51)43-15-5-4-6-16-44-34(52)23-48-18-19-54-32-20-29(12-13-31(32)48)49(17-7-14-42)35(53)22-40/h8-13,20,30H,4-7,15-19,21-23H2,1-3H3,(H,43,51)(H,44,52)/t30-/m1/s1. The van der Waals surface area contributed by atoms with E-state index in [1.165, 1.54) is 9.78 Å². The lowest BCUT2D eigenvalue weighted by Crippen LogP contribution is -2.41. The van der Waals surface area contributed by atoms with Crippen molar-refractivity contribution in [1.29, 1.82) is 5.26 Å². The number of aryl methyl sites for hydroxylation is 2. The van der Waals surface area contributed by atoms with Gasteiger partial charge in [0.15, 0.2) is 5.82 Å². The summed E-state index contributed by atoms with van der Waals surface area (Å²) in [7, 11) is 0. The van der Waals surface area contributed by atoms with Crippen LogP contribution in [0.15, 0.2) is 47.5 Å². The molecule has 0 bridgehead atoms. The number of unbranched alkanes of at least 4 members (excludes halogenated alkanes) is 2. The van der Waals surface area contributed by atoms with Crippen molar-refractivity contribution in [3.05, 3.63) is 80.7 Å². The minimum Gasteiger partial charge on any atom is -0.489 e. The van der Waals surface area contributed by atoms with Crippen LogP contribution in [0.1, 0.15) is 71.4 Å². The van der Waals surface area contributed by atoms with Crippen LogP contribution in [0, 0.1) is 32.1 Å². The summed E-state index contributed by atoms with van der Waals surface area (Å²) < 4.78 is 7.88. The van der Waals surface area contributed by atoms with E-state index in [0.29, 0.717) is 48.5 Å². The number of benzene rings is 2. The van der Waals surface area contributed by atoms with Crippen molar-refractivity contribution >= 4 is 69.3 Å². The molecule has 2 N–H and O–H groups in total. The third-order valence-corrected chi connectivity index (χ3v) is 11.3. The van der Waals surface area contributed by atoms with Crippen molar-refractivity contribution in [3.63, 3.8) is 0 Å². The molecule has 4 aromatic rings. The molecule has 1 atom stereocenters. The molecule has 4 heterocycles. The lowest BCUT2D eigenvalue weighted by molar-refractivity contribution is -0.121. The lowest BCUT2D eigenvalue weighted by atomic mass is 9.99. The summed E-state index contributed by atoms with van der Waals surface area (Å²) in [5.41, 5.74) is 5.22. The summed E-state index contributed by atoms with van der Waals surface area (Å²) in [6, 6.07) is 14.5. The zero-order chi connectivity index (χ0) is 39.1. The van der Waals surface area contributed by atoms with E-state index in [0.717, 1.165) is 58.2 Å². The second-order valence-corrected chi connectivity index (χ2v) is 15.3. The second kappa shape index (κ2) is 18.1. The van der Waals surface area contributed by atoms with Crippen LogP contribution in [0.3, 0.4) is 0 Å². The number of thiophene rings is 1. The monoisotopic (exact) mass is 803 g/mol. The maximum Gasteiger partial charge on any atom is 0.241 e. The number of amides is 3. The maximum atomic E-state index is 13.3. The number of nitrogens with one attached hydrogen (secondary N) is 2. The number of carbonyl (C=O) groups excluding carboxylic acids is 3. The number of aromatic nitrogens is 3. The first-order chi connectivity index (χ1) is 26.6. The molecule has 55 heavy (non-hydrogen) atoms. The number of anilines is 2. The molecule has 3 amide bonds. The van der Waals surface area contributed by atoms with Gasteiger partial charge in [-0.2, -0.15) is 5.26 Å². The normalized spacial score (nSPS) is 14.4. The lowest BCUT2D eigenvalue weighted by Gasteiger charge is -2.32. The van der Waals surface area contributed by atoms with Crippen LogP contribution in [0.2, 0.25) is 5.02 Å². The third kappa shape index (κ3) is 9.12. The minimum atomic E-state index is -0.536. The Morgan fingerprint density at radius 2 is 1.78 bits per heavy atom. The quantitative estimate of drug-likeness (QED) is 0.110. The summed E-state index contributed by atoms with van der Waals surface area (Å²) in [5.74, 6) is 1.21. The maximum absolute atomic E-state index is 13.3. The molecule has 288 valence electrons. The molecule has 0 unspecified atom stereocenters. The van der Waals surface area contributed by atoms with Gasteiger partial charge < -0.3 is 25.2 Å². The zero-order valence-electron chi connectivity index (χ0n) is 31.0. The van der Waals surface area contributed by atoms with Gasteiger partial charge in [-0.25, -0.2) is 0 Å². The molecule has 2 aliphatic heterocycles. The Balaban J connectivity index is 0.981. The summed E-state index contributed by atoms with van der Waals surface area (Å²) in [6.45, 7) is 8.44.